The molecule has 0 aromatic rings. The van der Waals surface area contributed by atoms with Gasteiger partial charge < -0.3 is 9.80 Å². The molecule has 16 heavy (non-hydrogen) atoms. The lowest BCUT2D eigenvalue weighted by Gasteiger charge is -2.33. The average molecular weight is 223 g/mol. The van der Waals surface area contributed by atoms with Gasteiger partial charge in [-0.3, -0.25) is 0 Å². The monoisotopic (exact) mass is 223 g/mol. The topological polar surface area (TPSA) is 30.3 Å². The van der Waals surface area contributed by atoms with Crippen LogP contribution in [0.25, 0.3) is 0 Å². The Labute approximate surface area is 100 Å². The van der Waals surface area contributed by atoms with Crippen LogP contribution in [0.1, 0.15) is 39.0 Å². The maximum Gasteiger partial charge on any atom is 0.0635 e. The van der Waals surface area contributed by atoms with Crippen LogP contribution in [0.15, 0.2) is 0 Å². The average Bonchev–Trinajstić information content (AvgIpc) is 2.31. The maximum absolute atomic E-state index is 8.58. The van der Waals surface area contributed by atoms with Crippen LogP contribution in [0, 0.1) is 11.3 Å². The van der Waals surface area contributed by atoms with Gasteiger partial charge in [-0.05, 0) is 45.9 Å². The maximum atomic E-state index is 8.58. The van der Waals surface area contributed by atoms with Gasteiger partial charge in [0.25, 0.3) is 0 Å². The number of nitrogens with zero attached hydrogens (tertiary/aromatic N) is 3. The highest BCUT2D eigenvalue weighted by molar-refractivity contribution is 4.77. The molecule has 0 radical (unpaired) electrons. The van der Waals surface area contributed by atoms with E-state index >= 15 is 0 Å². The smallest absolute Gasteiger partial charge is 0.0635 e. The van der Waals surface area contributed by atoms with Crippen LogP contribution in [-0.4, -0.2) is 49.1 Å². The van der Waals surface area contributed by atoms with E-state index in [-0.39, 0.29) is 0 Å². The van der Waals surface area contributed by atoms with Crippen LogP contribution >= 0.6 is 0 Å². The molecule has 0 amide bonds. The van der Waals surface area contributed by atoms with Crippen molar-refractivity contribution in [2.24, 2.45) is 0 Å². The molecule has 1 atom stereocenters. The molecule has 1 saturated heterocycles. The van der Waals surface area contributed by atoms with Gasteiger partial charge in [0.05, 0.1) is 6.07 Å². The van der Waals surface area contributed by atoms with Crippen LogP contribution in [0.2, 0.25) is 0 Å². The summed E-state index contributed by atoms with van der Waals surface area (Å²) < 4.78 is 0. The molecule has 0 N–H and O–H groups in total. The van der Waals surface area contributed by atoms with Gasteiger partial charge in [-0.1, -0.05) is 13.3 Å². The second-order valence-corrected chi connectivity index (χ2v) is 4.76. The third kappa shape index (κ3) is 4.51. The van der Waals surface area contributed by atoms with Gasteiger partial charge in [0.2, 0.25) is 0 Å². The van der Waals surface area contributed by atoms with E-state index in [1.807, 2.05) is 0 Å². The first-order valence-corrected chi connectivity index (χ1v) is 6.57. The standard InChI is InChI=1S/C13H25N3/c1-3-16(11-6-9-14)12-8-13-7-4-5-10-15(13)2/h13H,3-8,10-12H2,1-2H3. The van der Waals surface area contributed by atoms with Gasteiger partial charge in [0, 0.05) is 19.0 Å². The number of rotatable bonds is 6. The summed E-state index contributed by atoms with van der Waals surface area (Å²) in [5.41, 5.74) is 0. The van der Waals surface area contributed by atoms with Crippen LogP contribution in [0.3, 0.4) is 0 Å². The zero-order chi connectivity index (χ0) is 11.8. The van der Waals surface area contributed by atoms with Crippen LogP contribution < -0.4 is 0 Å². The molecule has 92 valence electrons. The number of hydrogen-bond donors (Lipinski definition) is 0. The van der Waals surface area contributed by atoms with Gasteiger partial charge in [-0.25, -0.2) is 0 Å². The Kier molecular flexibility index (Phi) is 6.44. The second-order valence-electron chi connectivity index (χ2n) is 4.76. The van der Waals surface area contributed by atoms with Crippen molar-refractivity contribution >= 4 is 0 Å². The number of likely N-dealkylation sites (tertiary alicyclic amines) is 1. The van der Waals surface area contributed by atoms with Crippen molar-refractivity contribution in [2.45, 2.75) is 45.1 Å². The zero-order valence-corrected chi connectivity index (χ0v) is 10.8. The minimum atomic E-state index is 0.661. The van der Waals surface area contributed by atoms with E-state index in [0.717, 1.165) is 25.7 Å². The van der Waals surface area contributed by atoms with Gasteiger partial charge in [0.15, 0.2) is 0 Å². The van der Waals surface area contributed by atoms with E-state index in [1.165, 1.54) is 32.2 Å². The highest BCUT2D eigenvalue weighted by atomic mass is 15.2. The Morgan fingerprint density at radius 2 is 2.19 bits per heavy atom. The number of hydrogen-bond acceptors (Lipinski definition) is 3. The molecule has 1 fully saturated rings. The van der Waals surface area contributed by atoms with Crippen molar-refractivity contribution in [3.63, 3.8) is 0 Å². The first-order chi connectivity index (χ1) is 7.77. The Morgan fingerprint density at radius 1 is 1.38 bits per heavy atom. The fourth-order valence-corrected chi connectivity index (χ4v) is 2.48. The molecule has 1 heterocycles. The van der Waals surface area contributed by atoms with Crippen LogP contribution in [-0.2, 0) is 0 Å². The quantitative estimate of drug-likeness (QED) is 0.691. The first kappa shape index (κ1) is 13.5. The minimum absolute atomic E-state index is 0.661. The van der Waals surface area contributed by atoms with Gasteiger partial charge in [-0.2, -0.15) is 5.26 Å². The summed E-state index contributed by atoms with van der Waals surface area (Å²) >= 11 is 0. The van der Waals surface area contributed by atoms with Crippen LogP contribution in [0.4, 0.5) is 0 Å². The highest BCUT2D eigenvalue weighted by Crippen LogP contribution is 2.17. The molecule has 1 aliphatic rings. The van der Waals surface area contributed by atoms with Crippen molar-refractivity contribution in [3.8, 4) is 6.07 Å². The van der Waals surface area contributed by atoms with Crippen molar-refractivity contribution in [1.29, 1.82) is 5.26 Å². The van der Waals surface area contributed by atoms with Gasteiger partial charge in [0.1, 0.15) is 0 Å². The van der Waals surface area contributed by atoms with E-state index in [4.69, 9.17) is 5.26 Å². The summed E-state index contributed by atoms with van der Waals surface area (Å²) in [5.74, 6) is 0. The zero-order valence-electron chi connectivity index (χ0n) is 10.8. The lowest BCUT2D eigenvalue weighted by atomic mass is 10.00. The number of piperidine rings is 1. The molecule has 0 aromatic heterocycles. The molecule has 0 aromatic carbocycles. The molecular formula is C13H25N3. The van der Waals surface area contributed by atoms with E-state index in [9.17, 15) is 0 Å². The largest absolute Gasteiger partial charge is 0.303 e. The fourth-order valence-electron chi connectivity index (χ4n) is 2.48. The fraction of sp³-hybridized carbons (Fsp3) is 0.923. The number of nitriles is 1. The lowest BCUT2D eigenvalue weighted by Crippen LogP contribution is -2.39. The third-order valence-corrected chi connectivity index (χ3v) is 3.69. The van der Waals surface area contributed by atoms with E-state index < -0.39 is 0 Å². The second kappa shape index (κ2) is 7.65. The van der Waals surface area contributed by atoms with Gasteiger partial charge in [-0.15, -0.1) is 0 Å². The predicted molar refractivity (Wildman–Crippen MR) is 67.2 cm³/mol. The molecule has 3 nitrogen and oxygen atoms in total. The summed E-state index contributed by atoms with van der Waals surface area (Å²) in [6, 6.07) is 3.00. The van der Waals surface area contributed by atoms with Crippen LogP contribution in [0.5, 0.6) is 0 Å². The Morgan fingerprint density at radius 3 is 2.81 bits per heavy atom. The van der Waals surface area contributed by atoms with Crippen molar-refractivity contribution in [1.82, 2.24) is 9.80 Å². The summed E-state index contributed by atoms with van der Waals surface area (Å²) in [4.78, 5) is 4.90. The summed E-state index contributed by atoms with van der Waals surface area (Å²) in [5, 5.41) is 8.58. The van der Waals surface area contributed by atoms with Crippen molar-refractivity contribution < 1.29 is 0 Å². The van der Waals surface area contributed by atoms with Crippen molar-refractivity contribution in [3.05, 3.63) is 0 Å². The molecule has 1 rings (SSSR count). The highest BCUT2D eigenvalue weighted by Gasteiger charge is 2.18. The van der Waals surface area contributed by atoms with E-state index in [0.29, 0.717) is 6.42 Å². The Bertz CT molecular complexity index is 222. The molecule has 0 bridgehead atoms. The minimum Gasteiger partial charge on any atom is -0.303 e. The Hall–Kier alpha value is -0.590. The molecule has 1 unspecified atom stereocenters. The third-order valence-electron chi connectivity index (χ3n) is 3.69. The Balaban J connectivity index is 2.22. The summed E-state index contributed by atoms with van der Waals surface area (Å²) in [6.07, 6.45) is 6.02. The molecule has 0 spiro atoms. The normalized spacial score (nSPS) is 22.2. The molecule has 0 aliphatic carbocycles. The molecule has 0 saturated carbocycles. The summed E-state index contributed by atoms with van der Waals surface area (Å²) in [7, 11) is 2.25. The molecule has 3 heteroatoms. The SMILES string of the molecule is CCN(CCC#N)CCC1CCCCN1C. The molecular weight excluding hydrogens is 198 g/mol. The first-order valence-electron chi connectivity index (χ1n) is 6.57. The lowest BCUT2D eigenvalue weighted by molar-refractivity contribution is 0.156. The van der Waals surface area contributed by atoms with Crippen molar-refractivity contribution in [2.75, 3.05) is 33.2 Å². The van der Waals surface area contributed by atoms with Gasteiger partial charge >= 0.3 is 0 Å². The molecule has 1 aliphatic heterocycles. The van der Waals surface area contributed by atoms with E-state index in [2.05, 4.69) is 29.8 Å². The predicted octanol–water partition coefficient (Wildman–Crippen LogP) is 2.10. The van der Waals surface area contributed by atoms with E-state index in [1.54, 1.807) is 0 Å². The summed E-state index contributed by atoms with van der Waals surface area (Å²) in [6.45, 7) is 6.59.